The monoisotopic (exact) mass is 276 g/mol. The van der Waals surface area contributed by atoms with Crippen LogP contribution in [0.4, 0.5) is 5.82 Å². The quantitative estimate of drug-likeness (QED) is 0.822. The second-order valence-corrected chi connectivity index (χ2v) is 5.06. The van der Waals surface area contributed by atoms with Gasteiger partial charge in [-0.3, -0.25) is 4.79 Å². The molecule has 0 radical (unpaired) electrons. The van der Waals surface area contributed by atoms with E-state index >= 15 is 0 Å². The van der Waals surface area contributed by atoms with Crippen LogP contribution in [-0.2, 0) is 11.3 Å². The van der Waals surface area contributed by atoms with Crippen molar-refractivity contribution in [1.29, 1.82) is 0 Å². The second kappa shape index (κ2) is 7.24. The van der Waals surface area contributed by atoms with Crippen LogP contribution in [0.1, 0.15) is 32.3 Å². The zero-order valence-electron chi connectivity index (χ0n) is 12.4. The number of carbonyl (C=O) groups excluding carboxylic acids is 1. The van der Waals surface area contributed by atoms with E-state index < -0.39 is 0 Å². The molecule has 1 saturated heterocycles. The lowest BCUT2D eigenvalue weighted by Crippen LogP contribution is -2.40. The first-order valence-corrected chi connectivity index (χ1v) is 7.45. The Morgan fingerprint density at radius 3 is 2.80 bits per heavy atom. The fourth-order valence-corrected chi connectivity index (χ4v) is 2.48. The van der Waals surface area contributed by atoms with Crippen molar-refractivity contribution in [2.24, 2.45) is 0 Å². The van der Waals surface area contributed by atoms with E-state index in [1.54, 1.807) is 0 Å². The minimum Gasteiger partial charge on any atom is -0.357 e. The number of hydrogen-bond acceptors (Lipinski definition) is 4. The van der Waals surface area contributed by atoms with Gasteiger partial charge in [-0.1, -0.05) is 6.07 Å². The van der Waals surface area contributed by atoms with E-state index in [9.17, 15) is 4.79 Å². The molecule has 0 unspecified atom stereocenters. The number of nitrogens with one attached hydrogen (secondary N) is 2. The second-order valence-electron chi connectivity index (χ2n) is 5.06. The third-order valence-electron chi connectivity index (χ3n) is 3.74. The molecule has 1 aliphatic rings. The SMILES string of the molecule is CCN(CC)c1ccc(CNC(=O)[C@@H]2CCCN2)cn1. The molecule has 1 aromatic rings. The van der Waals surface area contributed by atoms with E-state index in [1.165, 1.54) is 0 Å². The highest BCUT2D eigenvalue weighted by Gasteiger charge is 2.21. The number of nitrogens with zero attached hydrogens (tertiary/aromatic N) is 2. The first kappa shape index (κ1) is 14.8. The predicted octanol–water partition coefficient (Wildman–Crippen LogP) is 1.30. The Morgan fingerprint density at radius 1 is 1.45 bits per heavy atom. The van der Waals surface area contributed by atoms with Crippen LogP contribution in [0.2, 0.25) is 0 Å². The van der Waals surface area contributed by atoms with Crippen LogP contribution in [0.5, 0.6) is 0 Å². The van der Waals surface area contributed by atoms with Gasteiger partial charge >= 0.3 is 0 Å². The molecule has 0 spiro atoms. The van der Waals surface area contributed by atoms with Gasteiger partial charge in [-0.05, 0) is 44.9 Å². The molecule has 1 atom stereocenters. The van der Waals surface area contributed by atoms with Gasteiger partial charge in [0.1, 0.15) is 5.82 Å². The Balaban J connectivity index is 1.85. The molecular weight excluding hydrogens is 252 g/mol. The van der Waals surface area contributed by atoms with Crippen molar-refractivity contribution < 1.29 is 4.79 Å². The largest absolute Gasteiger partial charge is 0.357 e. The molecule has 110 valence electrons. The van der Waals surface area contributed by atoms with E-state index in [2.05, 4.69) is 34.4 Å². The van der Waals surface area contributed by atoms with E-state index in [0.717, 1.165) is 43.9 Å². The van der Waals surface area contributed by atoms with Gasteiger partial charge in [-0.15, -0.1) is 0 Å². The fourth-order valence-electron chi connectivity index (χ4n) is 2.48. The van der Waals surface area contributed by atoms with Crippen LogP contribution < -0.4 is 15.5 Å². The lowest BCUT2D eigenvalue weighted by atomic mass is 10.2. The highest BCUT2D eigenvalue weighted by atomic mass is 16.2. The molecule has 2 rings (SSSR count). The lowest BCUT2D eigenvalue weighted by Gasteiger charge is -2.19. The molecule has 0 saturated carbocycles. The molecule has 0 aliphatic carbocycles. The van der Waals surface area contributed by atoms with Gasteiger partial charge in [-0.2, -0.15) is 0 Å². The van der Waals surface area contributed by atoms with Crippen molar-refractivity contribution in [2.45, 2.75) is 39.3 Å². The van der Waals surface area contributed by atoms with Crippen LogP contribution in [0.15, 0.2) is 18.3 Å². The van der Waals surface area contributed by atoms with Crippen LogP contribution in [-0.4, -0.2) is 36.6 Å². The molecular formula is C15H24N4O. The number of rotatable bonds is 6. The van der Waals surface area contributed by atoms with Crippen LogP contribution in [0, 0.1) is 0 Å². The normalized spacial score (nSPS) is 18.0. The van der Waals surface area contributed by atoms with Crippen molar-refractivity contribution in [2.75, 3.05) is 24.5 Å². The summed E-state index contributed by atoms with van der Waals surface area (Å²) in [6, 6.07) is 4.03. The van der Waals surface area contributed by atoms with Crippen molar-refractivity contribution in [3.8, 4) is 0 Å². The molecule has 1 amide bonds. The molecule has 1 fully saturated rings. The van der Waals surface area contributed by atoms with Gasteiger partial charge in [0.15, 0.2) is 0 Å². The summed E-state index contributed by atoms with van der Waals surface area (Å²) < 4.78 is 0. The number of amides is 1. The summed E-state index contributed by atoms with van der Waals surface area (Å²) in [6.45, 7) is 7.63. The molecule has 2 heterocycles. The molecule has 5 heteroatoms. The van der Waals surface area contributed by atoms with Crippen molar-refractivity contribution in [1.82, 2.24) is 15.6 Å². The van der Waals surface area contributed by atoms with Gasteiger partial charge in [0.2, 0.25) is 5.91 Å². The Morgan fingerprint density at radius 2 is 2.25 bits per heavy atom. The average molecular weight is 276 g/mol. The smallest absolute Gasteiger partial charge is 0.237 e. The summed E-state index contributed by atoms with van der Waals surface area (Å²) in [4.78, 5) is 18.5. The molecule has 2 N–H and O–H groups in total. The number of aromatic nitrogens is 1. The maximum absolute atomic E-state index is 11.9. The van der Waals surface area contributed by atoms with E-state index in [4.69, 9.17) is 0 Å². The summed E-state index contributed by atoms with van der Waals surface area (Å²) >= 11 is 0. The first-order chi connectivity index (χ1) is 9.74. The molecule has 0 aromatic carbocycles. The fraction of sp³-hybridized carbons (Fsp3) is 0.600. The van der Waals surface area contributed by atoms with E-state index in [-0.39, 0.29) is 11.9 Å². The minimum absolute atomic E-state index is 0.0158. The third-order valence-corrected chi connectivity index (χ3v) is 3.74. The number of pyridine rings is 1. The molecule has 20 heavy (non-hydrogen) atoms. The molecule has 5 nitrogen and oxygen atoms in total. The Kier molecular flexibility index (Phi) is 5.35. The highest BCUT2D eigenvalue weighted by molar-refractivity contribution is 5.81. The highest BCUT2D eigenvalue weighted by Crippen LogP contribution is 2.11. The van der Waals surface area contributed by atoms with Crippen molar-refractivity contribution in [3.63, 3.8) is 0 Å². The van der Waals surface area contributed by atoms with Crippen molar-refractivity contribution in [3.05, 3.63) is 23.9 Å². The predicted molar refractivity (Wildman–Crippen MR) is 80.7 cm³/mol. The third kappa shape index (κ3) is 3.70. The number of hydrogen-bond donors (Lipinski definition) is 2. The summed E-state index contributed by atoms with van der Waals surface area (Å²) in [7, 11) is 0. The molecule has 1 aromatic heterocycles. The topological polar surface area (TPSA) is 57.3 Å². The number of carbonyl (C=O) groups is 1. The lowest BCUT2D eigenvalue weighted by molar-refractivity contribution is -0.122. The van der Waals surface area contributed by atoms with Gasteiger partial charge in [0, 0.05) is 25.8 Å². The average Bonchev–Trinajstić information content (AvgIpc) is 3.01. The van der Waals surface area contributed by atoms with Crippen LogP contribution in [0.3, 0.4) is 0 Å². The van der Waals surface area contributed by atoms with Crippen molar-refractivity contribution >= 4 is 11.7 Å². The van der Waals surface area contributed by atoms with Crippen LogP contribution in [0.25, 0.3) is 0 Å². The zero-order chi connectivity index (χ0) is 14.4. The maximum Gasteiger partial charge on any atom is 0.237 e. The summed E-state index contributed by atoms with van der Waals surface area (Å²) in [5, 5.41) is 6.16. The Hall–Kier alpha value is -1.62. The molecule has 0 bridgehead atoms. The molecule has 1 aliphatic heterocycles. The van der Waals surface area contributed by atoms with Gasteiger partial charge in [-0.25, -0.2) is 4.98 Å². The zero-order valence-corrected chi connectivity index (χ0v) is 12.4. The van der Waals surface area contributed by atoms with E-state index in [1.807, 2.05) is 18.3 Å². The standard InChI is InChI=1S/C15H24N4O/c1-3-19(4-2)14-8-7-12(10-17-14)11-18-15(20)13-6-5-9-16-13/h7-8,10,13,16H,3-6,9,11H2,1-2H3,(H,18,20)/t13-/m0/s1. The maximum atomic E-state index is 11.9. The van der Waals surface area contributed by atoms with E-state index in [0.29, 0.717) is 6.54 Å². The van der Waals surface area contributed by atoms with Gasteiger partial charge in [0.25, 0.3) is 0 Å². The summed E-state index contributed by atoms with van der Waals surface area (Å²) in [5.74, 6) is 1.08. The van der Waals surface area contributed by atoms with Gasteiger partial charge < -0.3 is 15.5 Å². The minimum atomic E-state index is -0.0158. The summed E-state index contributed by atoms with van der Waals surface area (Å²) in [5.41, 5.74) is 1.03. The number of anilines is 1. The Bertz CT molecular complexity index is 422. The first-order valence-electron chi connectivity index (χ1n) is 7.45. The summed E-state index contributed by atoms with van der Waals surface area (Å²) in [6.07, 6.45) is 3.86. The Labute approximate surface area is 120 Å². The van der Waals surface area contributed by atoms with Gasteiger partial charge in [0.05, 0.1) is 6.04 Å². The van der Waals surface area contributed by atoms with Crippen LogP contribution >= 0.6 is 0 Å².